The Kier molecular flexibility index (Phi) is 7.76. The number of ether oxygens (including phenoxy) is 1. The first kappa shape index (κ1) is 27.6. The van der Waals surface area contributed by atoms with E-state index in [9.17, 15) is 13.9 Å². The number of hydrogen-bond acceptors (Lipinski definition) is 7. The Balaban J connectivity index is 1.33. The smallest absolute Gasteiger partial charge is 0.323 e. The van der Waals surface area contributed by atoms with Crippen LogP contribution in [0.25, 0.3) is 0 Å². The van der Waals surface area contributed by atoms with Crippen molar-refractivity contribution in [3.63, 3.8) is 0 Å². The van der Waals surface area contributed by atoms with E-state index in [0.717, 1.165) is 23.9 Å². The lowest BCUT2D eigenvalue weighted by atomic mass is 9.84. The second-order valence-corrected chi connectivity index (χ2v) is 9.30. The van der Waals surface area contributed by atoms with Gasteiger partial charge in [-0.1, -0.05) is 24.0 Å². The molecule has 5 aromatic rings. The summed E-state index contributed by atoms with van der Waals surface area (Å²) in [7, 11) is 0. The molecule has 0 bridgehead atoms. The zero-order chi connectivity index (χ0) is 31.3. The number of alkyl halides is 2. The quantitative estimate of drug-likeness (QED) is 0.204. The predicted octanol–water partition coefficient (Wildman–Crippen LogP) is 4.88. The van der Waals surface area contributed by atoms with Crippen molar-refractivity contribution in [2.75, 3.05) is 0 Å². The highest BCUT2D eigenvalue weighted by Gasteiger charge is 2.58. The van der Waals surface area contributed by atoms with Crippen LogP contribution in [0.1, 0.15) is 34.9 Å². The van der Waals surface area contributed by atoms with Gasteiger partial charge in [0, 0.05) is 29.0 Å². The molecule has 0 saturated heterocycles. The van der Waals surface area contributed by atoms with E-state index in [1.54, 1.807) is 48.5 Å². The molecule has 2 heterocycles. The molecule has 8 nitrogen and oxygen atoms in total. The van der Waals surface area contributed by atoms with Crippen molar-refractivity contribution in [1.29, 1.82) is 5.26 Å². The number of halogens is 4. The minimum Gasteiger partial charge on any atom is -0.489 e. The van der Waals surface area contributed by atoms with E-state index in [0.29, 0.717) is 40.3 Å². The second-order valence-electron chi connectivity index (χ2n) is 9.30. The number of hydrogen-bond donors (Lipinski definition) is 1. The molecule has 0 amide bonds. The van der Waals surface area contributed by atoms with Gasteiger partial charge in [0.15, 0.2) is 5.60 Å². The number of rotatable bonds is 8. The number of tetrazole rings is 1. The molecule has 12 heteroatoms. The zero-order valence-corrected chi connectivity index (χ0v) is 22.0. The summed E-state index contributed by atoms with van der Waals surface area (Å²) in [6.45, 7) is -0.826. The molecule has 0 saturated carbocycles. The second kappa shape index (κ2) is 12.1. The number of aliphatic hydroxyl groups is 1. The molecule has 0 aliphatic heterocycles. The summed E-state index contributed by atoms with van der Waals surface area (Å²) in [5.41, 5.74) is -2.89. The number of pyridine rings is 1. The summed E-state index contributed by atoms with van der Waals surface area (Å²) in [5.74, 6) is -0.425. The molecule has 1 N–H and O–H groups in total. The first-order valence-corrected chi connectivity index (χ1v) is 12.6. The molecule has 0 spiro atoms. The van der Waals surface area contributed by atoms with Gasteiger partial charge in [0.05, 0.1) is 18.2 Å². The third-order valence-electron chi connectivity index (χ3n) is 6.41. The first-order valence-electron chi connectivity index (χ1n) is 13.1. The Labute approximate surface area is 244 Å². The molecule has 0 aliphatic rings. The molecule has 2 aromatic heterocycles. The van der Waals surface area contributed by atoms with Crippen LogP contribution in [0.5, 0.6) is 5.75 Å². The highest BCUT2D eigenvalue weighted by molar-refractivity contribution is 5.44. The predicted molar refractivity (Wildman–Crippen MR) is 144 cm³/mol. The fourth-order valence-electron chi connectivity index (χ4n) is 4.11. The maximum atomic E-state index is 15.9. The normalized spacial score (nSPS) is 12.8. The molecular weight excluding hydrogens is 564 g/mol. The maximum Gasteiger partial charge on any atom is 0.323 e. The monoisotopic (exact) mass is 585 g/mol. The average molecular weight is 586 g/mol. The van der Waals surface area contributed by atoms with Crippen LogP contribution in [0.2, 0.25) is 0 Å². The van der Waals surface area contributed by atoms with Crippen LogP contribution in [-0.4, -0.2) is 30.3 Å². The Hall–Kier alpha value is -5.59. The molecule has 5 rings (SSSR count). The lowest BCUT2D eigenvalue weighted by Crippen LogP contribution is -2.48. The fraction of sp³-hybridized carbons (Fsp3) is 0.129. The molecule has 3 aromatic carbocycles. The summed E-state index contributed by atoms with van der Waals surface area (Å²) in [5, 5.41) is 30.1. The lowest BCUT2D eigenvalue weighted by Gasteiger charge is -2.35. The van der Waals surface area contributed by atoms with E-state index >= 15 is 8.78 Å². The average Bonchev–Trinajstić information content (AvgIpc) is 3.43. The van der Waals surface area contributed by atoms with Crippen molar-refractivity contribution < 1.29 is 28.8 Å². The van der Waals surface area contributed by atoms with E-state index in [4.69, 9.17) is 11.4 Å². The van der Waals surface area contributed by atoms with E-state index in [1.165, 1.54) is 6.07 Å². The van der Waals surface area contributed by atoms with Crippen LogP contribution in [0.4, 0.5) is 17.6 Å². The van der Waals surface area contributed by atoms with Gasteiger partial charge in [-0.25, -0.2) is 13.5 Å². The van der Waals surface area contributed by atoms with Gasteiger partial charge in [-0.05, 0) is 76.7 Å². The first-order chi connectivity index (χ1) is 21.1. The van der Waals surface area contributed by atoms with Crippen LogP contribution in [0, 0.1) is 34.8 Å². The van der Waals surface area contributed by atoms with Gasteiger partial charge in [-0.2, -0.15) is 14.0 Å². The van der Waals surface area contributed by atoms with E-state index in [-0.39, 0.29) is 5.56 Å². The van der Waals surface area contributed by atoms with Crippen molar-refractivity contribution in [2.45, 2.75) is 24.7 Å². The topological polar surface area (TPSA) is 110 Å². The minimum absolute atomic E-state index is 0.274. The van der Waals surface area contributed by atoms with Gasteiger partial charge in [0.1, 0.15) is 37.4 Å². The fourth-order valence-corrected chi connectivity index (χ4v) is 4.11. The molecule has 1 atom stereocenters. The summed E-state index contributed by atoms with van der Waals surface area (Å²) in [6.07, 6.45) is 0.408. The van der Waals surface area contributed by atoms with Crippen molar-refractivity contribution in [1.82, 2.24) is 25.2 Å². The molecule has 0 fully saturated rings. The zero-order valence-electron chi connectivity index (χ0n) is 23.0. The highest BCUT2D eigenvalue weighted by Crippen LogP contribution is 2.46. The van der Waals surface area contributed by atoms with Crippen molar-refractivity contribution in [3.8, 4) is 23.7 Å². The summed E-state index contributed by atoms with van der Waals surface area (Å²) in [4.78, 5) is 3.78. The van der Waals surface area contributed by atoms with Crippen LogP contribution in [0.3, 0.4) is 0 Å². The largest absolute Gasteiger partial charge is 0.489 e. The Morgan fingerprint density at radius 1 is 0.930 bits per heavy atom. The van der Waals surface area contributed by atoms with Crippen LogP contribution < -0.4 is 4.74 Å². The van der Waals surface area contributed by atoms with Crippen LogP contribution in [0.15, 0.2) is 91.4 Å². The summed E-state index contributed by atoms with van der Waals surface area (Å²) in [6, 6.07) is 19.9. The molecular formula is C31H20F4N6O2. The molecule has 1 unspecified atom stereocenters. The summed E-state index contributed by atoms with van der Waals surface area (Å²) < 4.78 is 74.2. The minimum atomic E-state index is -4.26. The molecule has 43 heavy (non-hydrogen) atoms. The number of nitrogens with zero attached hydrogens (tertiary/aromatic N) is 6. The highest BCUT2D eigenvalue weighted by atomic mass is 19.3. The van der Waals surface area contributed by atoms with Gasteiger partial charge in [-0.15, -0.1) is 5.10 Å². The van der Waals surface area contributed by atoms with Crippen LogP contribution in [-0.2, 0) is 24.7 Å². The van der Waals surface area contributed by atoms with Gasteiger partial charge in [0.2, 0.25) is 0 Å². The van der Waals surface area contributed by atoms with Crippen molar-refractivity contribution >= 4 is 0 Å². The van der Waals surface area contributed by atoms with Crippen molar-refractivity contribution in [3.05, 3.63) is 137 Å². The van der Waals surface area contributed by atoms with Gasteiger partial charge in [-0.3, -0.25) is 4.98 Å². The van der Waals surface area contributed by atoms with Gasteiger partial charge >= 0.3 is 5.92 Å². The van der Waals surface area contributed by atoms with E-state index in [1.807, 2.05) is 0 Å². The van der Waals surface area contributed by atoms with E-state index in [2.05, 4.69) is 38.4 Å². The van der Waals surface area contributed by atoms with Crippen molar-refractivity contribution in [2.24, 2.45) is 0 Å². The molecule has 214 valence electrons. The standard InChI is InChI=1S/C31H20F4N6O2/c32-25-10-13-27(28(33)15-25)30(42,19-41-20-38-39-40-41)31(34,35)29-14-9-23(17-37-29)4-1-21-7-11-26(12-8-21)43-18-24-5-2-22(16-36)3-6-24/h2-3,5-15,17,20,42H,18-19H2/i20D. The number of aromatic nitrogens is 5. The van der Waals surface area contributed by atoms with Crippen LogP contribution >= 0.6 is 0 Å². The molecule has 0 radical (unpaired) electrons. The lowest BCUT2D eigenvalue weighted by molar-refractivity contribution is -0.207. The third kappa shape index (κ3) is 6.35. The number of benzene rings is 3. The Morgan fingerprint density at radius 3 is 2.26 bits per heavy atom. The Bertz CT molecular complexity index is 1880. The molecule has 0 aliphatic carbocycles. The van der Waals surface area contributed by atoms with E-state index < -0.39 is 47.3 Å². The third-order valence-corrected chi connectivity index (χ3v) is 6.41. The van der Waals surface area contributed by atoms with Gasteiger partial charge < -0.3 is 9.84 Å². The Morgan fingerprint density at radius 2 is 1.63 bits per heavy atom. The van der Waals surface area contributed by atoms with Gasteiger partial charge in [0.25, 0.3) is 0 Å². The SMILES string of the molecule is [2H]c1nnnn1CC(O)(c1ccc(F)cc1F)C(F)(F)c1ccc(C#Cc2ccc(OCc3ccc(C#N)cc3)cc2)cn1. The maximum absolute atomic E-state index is 15.9. The summed E-state index contributed by atoms with van der Waals surface area (Å²) >= 11 is 0. The number of nitriles is 1.